The van der Waals surface area contributed by atoms with Gasteiger partial charge in [0.1, 0.15) is 0 Å². The van der Waals surface area contributed by atoms with Crippen LogP contribution in [0, 0.1) is 0 Å². The van der Waals surface area contributed by atoms with Crippen LogP contribution in [0.3, 0.4) is 0 Å². The number of benzene rings is 2. The Morgan fingerprint density at radius 1 is 1.21 bits per heavy atom. The van der Waals surface area contributed by atoms with Crippen LogP contribution in [0.1, 0.15) is 45.1 Å². The number of fused-ring (bicyclic) bond motifs is 2. The lowest BCUT2D eigenvalue weighted by Gasteiger charge is -2.29. The summed E-state index contributed by atoms with van der Waals surface area (Å²) in [4.78, 5) is 28.8. The van der Waals surface area contributed by atoms with E-state index in [0.717, 1.165) is 48.5 Å². The number of hydrogen-bond acceptors (Lipinski definition) is 5. The molecule has 1 aliphatic rings. The quantitative estimate of drug-likeness (QED) is 0.194. The number of aromatic carboxylic acids is 1. The number of hydrogen-bond donors (Lipinski definition) is 5. The number of aromatic nitrogens is 1. The number of aliphatic hydroxyl groups is 1. The molecule has 0 bridgehead atoms. The first-order chi connectivity index (χ1) is 16.0. The van der Waals surface area contributed by atoms with Crippen molar-refractivity contribution >= 4 is 28.9 Å². The second-order valence-electron chi connectivity index (χ2n) is 8.18. The smallest absolute Gasteiger partial charge is 0.336 e. The monoisotopic (exact) mass is 449 g/mol. The van der Waals surface area contributed by atoms with Crippen LogP contribution in [0.5, 0.6) is 0 Å². The minimum atomic E-state index is -1.08. The van der Waals surface area contributed by atoms with E-state index in [1.165, 1.54) is 22.5 Å². The summed E-state index contributed by atoms with van der Waals surface area (Å²) in [6.07, 6.45) is 6.92. The Balaban J connectivity index is 1.59. The maximum absolute atomic E-state index is 11.9. The SMILES string of the molecule is O=C(C=Cc1cc2c(cc1C(=O)O)C(N(CCO)CCc1c[nH]c3ccccc13)CC2)NO. The van der Waals surface area contributed by atoms with Crippen molar-refractivity contribution in [1.29, 1.82) is 0 Å². The number of rotatable bonds is 9. The van der Waals surface area contributed by atoms with Gasteiger partial charge in [0.05, 0.1) is 12.2 Å². The summed E-state index contributed by atoms with van der Waals surface area (Å²) in [5, 5.41) is 29.3. The summed E-state index contributed by atoms with van der Waals surface area (Å²) >= 11 is 0. The zero-order valence-electron chi connectivity index (χ0n) is 18.1. The number of nitrogens with one attached hydrogen (secondary N) is 2. The fraction of sp³-hybridized carbons (Fsp3) is 0.280. The van der Waals surface area contributed by atoms with Crippen LogP contribution < -0.4 is 5.48 Å². The van der Waals surface area contributed by atoms with E-state index in [-0.39, 0.29) is 18.2 Å². The van der Waals surface area contributed by atoms with Gasteiger partial charge < -0.3 is 15.2 Å². The highest BCUT2D eigenvalue weighted by Gasteiger charge is 2.29. The highest BCUT2D eigenvalue weighted by molar-refractivity contribution is 5.96. The summed E-state index contributed by atoms with van der Waals surface area (Å²) in [5.74, 6) is -1.81. The molecule has 3 aromatic rings. The molecule has 0 fully saturated rings. The van der Waals surface area contributed by atoms with E-state index >= 15 is 0 Å². The van der Waals surface area contributed by atoms with Gasteiger partial charge in [0.25, 0.3) is 5.91 Å². The van der Waals surface area contributed by atoms with Gasteiger partial charge in [0.2, 0.25) is 0 Å². The third-order valence-electron chi connectivity index (χ3n) is 6.28. The molecule has 1 heterocycles. The first-order valence-corrected chi connectivity index (χ1v) is 10.9. The number of aryl methyl sites for hydroxylation is 1. The molecule has 0 radical (unpaired) electrons. The van der Waals surface area contributed by atoms with Crippen LogP contribution in [-0.2, 0) is 17.6 Å². The van der Waals surface area contributed by atoms with E-state index in [9.17, 15) is 19.8 Å². The third kappa shape index (κ3) is 4.83. The molecule has 172 valence electrons. The van der Waals surface area contributed by atoms with Crippen molar-refractivity contribution in [2.45, 2.75) is 25.3 Å². The van der Waals surface area contributed by atoms with Crippen molar-refractivity contribution in [2.24, 2.45) is 0 Å². The van der Waals surface area contributed by atoms with E-state index in [1.54, 1.807) is 12.1 Å². The van der Waals surface area contributed by atoms with Crippen molar-refractivity contribution in [1.82, 2.24) is 15.4 Å². The lowest BCUT2D eigenvalue weighted by Crippen LogP contribution is -2.32. The summed E-state index contributed by atoms with van der Waals surface area (Å²) < 4.78 is 0. The number of carboxylic acids is 1. The maximum Gasteiger partial charge on any atom is 0.336 e. The van der Waals surface area contributed by atoms with Gasteiger partial charge in [-0.1, -0.05) is 24.3 Å². The Morgan fingerprint density at radius 3 is 2.79 bits per heavy atom. The van der Waals surface area contributed by atoms with Crippen LogP contribution in [0.4, 0.5) is 0 Å². The Morgan fingerprint density at radius 2 is 2.03 bits per heavy atom. The lowest BCUT2D eigenvalue weighted by atomic mass is 9.97. The van der Waals surface area contributed by atoms with Crippen molar-refractivity contribution in [2.75, 3.05) is 19.7 Å². The molecule has 8 nitrogen and oxygen atoms in total. The molecule has 0 spiro atoms. The Kier molecular flexibility index (Phi) is 6.88. The summed E-state index contributed by atoms with van der Waals surface area (Å²) in [7, 11) is 0. The van der Waals surface area contributed by atoms with Gasteiger partial charge in [-0.2, -0.15) is 0 Å². The van der Waals surface area contributed by atoms with Gasteiger partial charge in [0.15, 0.2) is 0 Å². The second kappa shape index (κ2) is 9.99. The summed E-state index contributed by atoms with van der Waals surface area (Å²) in [6, 6.07) is 11.6. The van der Waals surface area contributed by atoms with Crippen molar-refractivity contribution in [3.05, 3.63) is 76.5 Å². The van der Waals surface area contributed by atoms with Crippen molar-refractivity contribution in [3.8, 4) is 0 Å². The van der Waals surface area contributed by atoms with Gasteiger partial charge >= 0.3 is 5.97 Å². The predicted octanol–water partition coefficient (Wildman–Crippen LogP) is 2.91. The molecular formula is C25H27N3O5. The van der Waals surface area contributed by atoms with Crippen LogP contribution >= 0.6 is 0 Å². The second-order valence-corrected chi connectivity index (χ2v) is 8.18. The molecule has 0 saturated carbocycles. The molecule has 1 unspecified atom stereocenters. The molecule has 2 aromatic carbocycles. The fourth-order valence-corrected chi connectivity index (χ4v) is 4.71. The third-order valence-corrected chi connectivity index (χ3v) is 6.28. The Hall–Kier alpha value is -3.46. The Labute approximate surface area is 191 Å². The van der Waals surface area contributed by atoms with Crippen molar-refractivity contribution < 1.29 is 25.0 Å². The molecule has 1 aliphatic carbocycles. The Bertz CT molecular complexity index is 1200. The molecule has 4 rings (SSSR count). The number of aliphatic hydroxyl groups excluding tert-OH is 1. The van der Waals surface area contributed by atoms with Crippen LogP contribution in [0.2, 0.25) is 0 Å². The number of H-pyrrole nitrogens is 1. The predicted molar refractivity (Wildman–Crippen MR) is 124 cm³/mol. The highest BCUT2D eigenvalue weighted by Crippen LogP contribution is 2.38. The van der Waals surface area contributed by atoms with Crippen LogP contribution in [0.15, 0.2) is 48.7 Å². The molecule has 1 amide bonds. The average molecular weight is 450 g/mol. The summed E-state index contributed by atoms with van der Waals surface area (Å²) in [5.41, 5.74) is 6.30. The first kappa shape index (κ1) is 22.7. The average Bonchev–Trinajstić information content (AvgIpc) is 3.43. The van der Waals surface area contributed by atoms with Gasteiger partial charge in [-0.3, -0.25) is 14.9 Å². The number of aromatic amines is 1. The normalized spacial score (nSPS) is 15.4. The molecule has 1 aromatic heterocycles. The minimum absolute atomic E-state index is 0.00854. The molecule has 1 atom stereocenters. The summed E-state index contributed by atoms with van der Waals surface area (Å²) in [6.45, 7) is 1.24. The zero-order chi connectivity index (χ0) is 23.4. The molecule has 8 heteroatoms. The van der Waals surface area contributed by atoms with E-state index in [2.05, 4.69) is 16.0 Å². The zero-order valence-corrected chi connectivity index (χ0v) is 18.1. The lowest BCUT2D eigenvalue weighted by molar-refractivity contribution is -0.124. The number of carbonyl (C=O) groups excluding carboxylic acids is 1. The fourth-order valence-electron chi connectivity index (χ4n) is 4.71. The standard InChI is InChI=1S/C25H27N3O5/c29-12-11-28(10-9-18-15-26-22-4-2-1-3-19(18)22)23-7-5-16-13-17(6-8-24(30)27-33)21(25(31)32)14-20(16)23/h1-4,6,8,13-15,23,26,29,33H,5,7,9-12H2,(H,27,30)(H,31,32). The number of carboxylic acid groups (broad SMARTS) is 1. The van der Waals surface area contributed by atoms with E-state index in [0.29, 0.717) is 12.1 Å². The minimum Gasteiger partial charge on any atom is -0.478 e. The number of amides is 1. The van der Waals surface area contributed by atoms with E-state index in [1.807, 2.05) is 24.4 Å². The van der Waals surface area contributed by atoms with Crippen molar-refractivity contribution in [3.63, 3.8) is 0 Å². The van der Waals surface area contributed by atoms with Gasteiger partial charge in [0, 0.05) is 42.3 Å². The largest absolute Gasteiger partial charge is 0.478 e. The van der Waals surface area contributed by atoms with Gasteiger partial charge in [-0.05, 0) is 59.7 Å². The number of para-hydroxylation sites is 1. The van der Waals surface area contributed by atoms with Gasteiger partial charge in [-0.25, -0.2) is 10.3 Å². The van der Waals surface area contributed by atoms with Crippen LogP contribution in [-0.4, -0.2) is 56.9 Å². The molecule has 0 saturated heterocycles. The highest BCUT2D eigenvalue weighted by atomic mass is 16.5. The molecule has 0 aliphatic heterocycles. The van der Waals surface area contributed by atoms with E-state index in [4.69, 9.17) is 5.21 Å². The van der Waals surface area contributed by atoms with Crippen LogP contribution in [0.25, 0.3) is 17.0 Å². The topological polar surface area (TPSA) is 126 Å². The first-order valence-electron chi connectivity index (χ1n) is 10.9. The molecular weight excluding hydrogens is 422 g/mol. The molecule has 5 N–H and O–H groups in total. The maximum atomic E-state index is 11.9. The number of nitrogens with zero attached hydrogens (tertiary/aromatic N) is 1. The molecule has 33 heavy (non-hydrogen) atoms. The number of hydroxylamine groups is 1. The van der Waals surface area contributed by atoms with Gasteiger partial charge in [-0.15, -0.1) is 0 Å². The number of carbonyl (C=O) groups is 2. The van der Waals surface area contributed by atoms with E-state index < -0.39 is 11.9 Å².